The van der Waals surface area contributed by atoms with Gasteiger partial charge in [0.1, 0.15) is 6.04 Å². The lowest BCUT2D eigenvalue weighted by Gasteiger charge is -2.25. The summed E-state index contributed by atoms with van der Waals surface area (Å²) in [6, 6.07) is 9.39. The Hall–Kier alpha value is -2.86. The summed E-state index contributed by atoms with van der Waals surface area (Å²) in [5.74, 6) is 1.53. The van der Waals surface area contributed by atoms with E-state index in [1.165, 1.54) is 0 Å². The third-order valence-corrected chi connectivity index (χ3v) is 4.30. The summed E-state index contributed by atoms with van der Waals surface area (Å²) in [7, 11) is 0. The van der Waals surface area contributed by atoms with Crippen LogP contribution in [0.25, 0.3) is 0 Å². The summed E-state index contributed by atoms with van der Waals surface area (Å²) < 4.78 is 10.8. The van der Waals surface area contributed by atoms with Crippen molar-refractivity contribution in [2.75, 3.05) is 13.3 Å². The number of fused-ring (bicyclic) bond motifs is 1. The zero-order valence-corrected chi connectivity index (χ0v) is 13.7. The summed E-state index contributed by atoms with van der Waals surface area (Å²) in [4.78, 5) is 18.8. The number of amides is 1. The molecule has 2 aliphatic heterocycles. The molecule has 0 unspecified atom stereocenters. The molecule has 0 fully saturated rings. The highest BCUT2D eigenvalue weighted by molar-refractivity contribution is 5.84. The van der Waals surface area contributed by atoms with Crippen molar-refractivity contribution in [3.05, 3.63) is 66.0 Å². The molecule has 0 spiro atoms. The van der Waals surface area contributed by atoms with E-state index in [1.54, 1.807) is 12.4 Å². The van der Waals surface area contributed by atoms with Gasteiger partial charge in [-0.3, -0.25) is 15.1 Å². The predicted molar refractivity (Wildman–Crippen MR) is 92.0 cm³/mol. The summed E-state index contributed by atoms with van der Waals surface area (Å²) in [6.07, 6.45) is 7.38. The lowest BCUT2D eigenvalue weighted by atomic mass is 10.1. The Morgan fingerprint density at radius 1 is 1.12 bits per heavy atom. The number of ether oxygens (including phenoxy) is 2. The second-order valence-corrected chi connectivity index (χ2v) is 6.05. The standard InChI is InChI=1S/C19H19N3O3/c23-19(16-2-1-7-21-16)22(11-14-5-8-20-9-6-14)12-15-3-4-17-18(10-15)25-13-24-17/h1-6,8-10,16,21H,7,11-13H2/t16-/m0/s1. The van der Waals surface area contributed by atoms with Gasteiger partial charge in [-0.25, -0.2) is 0 Å². The van der Waals surface area contributed by atoms with Crippen LogP contribution in [0.15, 0.2) is 54.9 Å². The van der Waals surface area contributed by atoms with Crippen molar-refractivity contribution in [3.8, 4) is 11.5 Å². The maximum atomic E-state index is 12.9. The molecule has 0 aliphatic carbocycles. The summed E-state index contributed by atoms with van der Waals surface area (Å²) in [5, 5.41) is 3.19. The van der Waals surface area contributed by atoms with E-state index < -0.39 is 0 Å². The van der Waals surface area contributed by atoms with Gasteiger partial charge in [0, 0.05) is 32.0 Å². The molecule has 3 heterocycles. The molecule has 2 aromatic rings. The van der Waals surface area contributed by atoms with Gasteiger partial charge in [-0.1, -0.05) is 18.2 Å². The molecular formula is C19H19N3O3. The van der Waals surface area contributed by atoms with Gasteiger partial charge in [0.2, 0.25) is 12.7 Å². The van der Waals surface area contributed by atoms with Gasteiger partial charge in [0.15, 0.2) is 11.5 Å². The van der Waals surface area contributed by atoms with Crippen molar-refractivity contribution < 1.29 is 14.3 Å². The van der Waals surface area contributed by atoms with E-state index in [0.29, 0.717) is 13.1 Å². The number of carbonyl (C=O) groups excluding carboxylic acids is 1. The Kier molecular flexibility index (Phi) is 4.35. The summed E-state index contributed by atoms with van der Waals surface area (Å²) in [6.45, 7) is 2.00. The fourth-order valence-corrected chi connectivity index (χ4v) is 3.01. The minimum absolute atomic E-state index is 0.0585. The van der Waals surface area contributed by atoms with Crippen molar-refractivity contribution in [1.29, 1.82) is 0 Å². The van der Waals surface area contributed by atoms with Crippen LogP contribution in [-0.4, -0.2) is 35.2 Å². The number of pyridine rings is 1. The quantitative estimate of drug-likeness (QED) is 0.844. The third-order valence-electron chi connectivity index (χ3n) is 4.30. The van der Waals surface area contributed by atoms with Gasteiger partial charge in [-0.2, -0.15) is 0 Å². The molecule has 1 aromatic carbocycles. The number of benzene rings is 1. The lowest BCUT2D eigenvalue weighted by molar-refractivity contribution is -0.133. The maximum Gasteiger partial charge on any atom is 0.244 e. The number of rotatable bonds is 5. The summed E-state index contributed by atoms with van der Waals surface area (Å²) in [5.41, 5.74) is 2.06. The Labute approximate surface area is 146 Å². The molecular weight excluding hydrogens is 318 g/mol. The molecule has 128 valence electrons. The highest BCUT2D eigenvalue weighted by Crippen LogP contribution is 2.33. The third kappa shape index (κ3) is 3.49. The fourth-order valence-electron chi connectivity index (χ4n) is 3.01. The number of hydrogen-bond donors (Lipinski definition) is 1. The first-order valence-electron chi connectivity index (χ1n) is 8.26. The molecule has 1 amide bonds. The second-order valence-electron chi connectivity index (χ2n) is 6.05. The first-order chi connectivity index (χ1) is 12.3. The average molecular weight is 337 g/mol. The van der Waals surface area contributed by atoms with Crippen LogP contribution >= 0.6 is 0 Å². The number of carbonyl (C=O) groups is 1. The van der Waals surface area contributed by atoms with Gasteiger partial charge >= 0.3 is 0 Å². The van der Waals surface area contributed by atoms with E-state index in [0.717, 1.165) is 29.2 Å². The van der Waals surface area contributed by atoms with Crippen LogP contribution in [0, 0.1) is 0 Å². The molecule has 1 N–H and O–H groups in total. The summed E-state index contributed by atoms with van der Waals surface area (Å²) >= 11 is 0. The van der Waals surface area contributed by atoms with Crippen LogP contribution in [0.1, 0.15) is 11.1 Å². The van der Waals surface area contributed by atoms with Crippen LogP contribution < -0.4 is 14.8 Å². The number of aromatic nitrogens is 1. The van der Waals surface area contributed by atoms with Crippen LogP contribution in [-0.2, 0) is 17.9 Å². The van der Waals surface area contributed by atoms with Gasteiger partial charge in [-0.05, 0) is 35.4 Å². The molecule has 25 heavy (non-hydrogen) atoms. The minimum Gasteiger partial charge on any atom is -0.454 e. The van der Waals surface area contributed by atoms with E-state index in [9.17, 15) is 4.79 Å². The molecule has 0 saturated heterocycles. The predicted octanol–water partition coefficient (Wildman–Crippen LogP) is 1.87. The Bertz CT molecular complexity index is 792. The van der Waals surface area contributed by atoms with Crippen molar-refractivity contribution in [1.82, 2.24) is 15.2 Å². The molecule has 6 nitrogen and oxygen atoms in total. The van der Waals surface area contributed by atoms with Crippen molar-refractivity contribution in [2.45, 2.75) is 19.1 Å². The largest absolute Gasteiger partial charge is 0.454 e. The SMILES string of the molecule is O=C([C@@H]1C=CCN1)N(Cc1ccncc1)Cc1ccc2c(c1)OCO2. The Morgan fingerprint density at radius 3 is 2.72 bits per heavy atom. The molecule has 0 saturated carbocycles. The van der Waals surface area contributed by atoms with Crippen LogP contribution in [0.3, 0.4) is 0 Å². The van der Waals surface area contributed by atoms with E-state index in [4.69, 9.17) is 9.47 Å². The highest BCUT2D eigenvalue weighted by atomic mass is 16.7. The van der Waals surface area contributed by atoms with Crippen molar-refractivity contribution >= 4 is 5.91 Å². The molecule has 1 aromatic heterocycles. The fraction of sp³-hybridized carbons (Fsp3) is 0.263. The molecule has 1 atom stereocenters. The van der Waals surface area contributed by atoms with Crippen molar-refractivity contribution in [3.63, 3.8) is 0 Å². The van der Waals surface area contributed by atoms with Gasteiger partial charge in [0.25, 0.3) is 0 Å². The first kappa shape index (κ1) is 15.7. The van der Waals surface area contributed by atoms with Gasteiger partial charge in [0.05, 0.1) is 0 Å². The Balaban J connectivity index is 1.56. The highest BCUT2D eigenvalue weighted by Gasteiger charge is 2.24. The molecule has 4 rings (SSSR count). The van der Waals surface area contributed by atoms with Gasteiger partial charge in [-0.15, -0.1) is 0 Å². The zero-order chi connectivity index (χ0) is 17.1. The van der Waals surface area contributed by atoms with Crippen LogP contribution in [0.2, 0.25) is 0 Å². The van der Waals surface area contributed by atoms with Crippen molar-refractivity contribution in [2.24, 2.45) is 0 Å². The van der Waals surface area contributed by atoms with E-state index >= 15 is 0 Å². The monoisotopic (exact) mass is 337 g/mol. The number of hydrogen-bond acceptors (Lipinski definition) is 5. The average Bonchev–Trinajstić information content (AvgIpc) is 3.33. The van der Waals surface area contributed by atoms with E-state index in [2.05, 4.69) is 10.3 Å². The van der Waals surface area contributed by atoms with E-state index in [1.807, 2.05) is 47.4 Å². The zero-order valence-electron chi connectivity index (χ0n) is 13.7. The minimum atomic E-state index is -0.268. The molecule has 0 radical (unpaired) electrons. The van der Waals surface area contributed by atoms with Crippen LogP contribution in [0.4, 0.5) is 0 Å². The topological polar surface area (TPSA) is 63.7 Å². The first-order valence-corrected chi connectivity index (χ1v) is 8.26. The second kappa shape index (κ2) is 6.94. The lowest BCUT2D eigenvalue weighted by Crippen LogP contribution is -2.42. The van der Waals surface area contributed by atoms with Crippen LogP contribution in [0.5, 0.6) is 11.5 Å². The number of nitrogens with one attached hydrogen (secondary N) is 1. The smallest absolute Gasteiger partial charge is 0.244 e. The molecule has 6 heteroatoms. The van der Waals surface area contributed by atoms with E-state index in [-0.39, 0.29) is 18.7 Å². The maximum absolute atomic E-state index is 12.9. The molecule has 2 aliphatic rings. The Morgan fingerprint density at radius 2 is 1.92 bits per heavy atom. The normalized spacial score (nSPS) is 17.7. The van der Waals surface area contributed by atoms with Gasteiger partial charge < -0.3 is 14.4 Å². The molecule has 0 bridgehead atoms. The number of nitrogens with zero attached hydrogens (tertiary/aromatic N) is 2.